The molecule has 0 aliphatic carbocycles. The van der Waals surface area contributed by atoms with Gasteiger partial charge in [0, 0.05) is 18.0 Å². The second kappa shape index (κ2) is 5.16. The van der Waals surface area contributed by atoms with E-state index in [0.717, 1.165) is 15.9 Å². The number of rotatable bonds is 3. The lowest BCUT2D eigenvalue weighted by atomic mass is 10.3. The van der Waals surface area contributed by atoms with E-state index in [1.807, 2.05) is 10.6 Å². The van der Waals surface area contributed by atoms with Gasteiger partial charge >= 0.3 is 0 Å². The average Bonchev–Trinajstić information content (AvgIpc) is 3.06. The van der Waals surface area contributed by atoms with Crippen molar-refractivity contribution in [3.63, 3.8) is 0 Å². The summed E-state index contributed by atoms with van der Waals surface area (Å²) in [5, 5.41) is 0. The molecule has 0 radical (unpaired) electrons. The van der Waals surface area contributed by atoms with Gasteiger partial charge in [-0.3, -0.25) is 4.57 Å². The molecule has 3 aromatic rings. The van der Waals surface area contributed by atoms with Crippen molar-refractivity contribution in [3.8, 4) is 17.1 Å². The summed E-state index contributed by atoms with van der Waals surface area (Å²) >= 11 is 3.34. The van der Waals surface area contributed by atoms with Gasteiger partial charge in [0.05, 0.1) is 21.9 Å². The second-order valence-corrected chi connectivity index (χ2v) is 7.48. The van der Waals surface area contributed by atoms with Gasteiger partial charge in [0.1, 0.15) is 12.0 Å². The van der Waals surface area contributed by atoms with Crippen LogP contribution in [0.15, 0.2) is 62.9 Å². The Morgan fingerprint density at radius 1 is 1.24 bits per heavy atom. The fourth-order valence-corrected chi connectivity index (χ4v) is 2.92. The number of sulfone groups is 1. The van der Waals surface area contributed by atoms with Crippen LogP contribution in [0.5, 0.6) is 0 Å². The van der Waals surface area contributed by atoms with Crippen molar-refractivity contribution in [2.24, 2.45) is 0 Å². The van der Waals surface area contributed by atoms with Crippen molar-refractivity contribution in [2.75, 3.05) is 6.26 Å². The van der Waals surface area contributed by atoms with Crippen LogP contribution in [0, 0.1) is 0 Å². The predicted octanol–water partition coefficient (Wildman–Crippen LogP) is 3.30. The number of hydrogen-bond donors (Lipinski definition) is 0. The Kier molecular flexibility index (Phi) is 3.46. The largest absolute Gasteiger partial charge is 0.462 e. The van der Waals surface area contributed by atoms with Crippen molar-refractivity contribution in [1.82, 2.24) is 9.55 Å². The number of hydrogen-bond acceptors (Lipinski definition) is 4. The van der Waals surface area contributed by atoms with Gasteiger partial charge in [-0.05, 0) is 40.2 Å². The Labute approximate surface area is 130 Å². The molecular weight excluding hydrogens is 356 g/mol. The van der Waals surface area contributed by atoms with Crippen LogP contribution in [0.1, 0.15) is 0 Å². The molecule has 0 amide bonds. The Bertz CT molecular complexity index is 879. The third-order valence-electron chi connectivity index (χ3n) is 3.00. The summed E-state index contributed by atoms with van der Waals surface area (Å²) in [5.41, 5.74) is 1.59. The standard InChI is InChI=1S/C14H11BrN2O3S/c1-21(18,19)12-4-2-11(3-5-12)17-9-16-7-13(17)14-6-10(15)8-20-14/h2-9H,1H3. The molecule has 0 bridgehead atoms. The number of furan rings is 1. The Balaban J connectivity index is 2.04. The van der Waals surface area contributed by atoms with Crippen LogP contribution in [0.2, 0.25) is 0 Å². The lowest BCUT2D eigenvalue weighted by Gasteiger charge is -2.07. The van der Waals surface area contributed by atoms with E-state index < -0.39 is 9.84 Å². The first-order valence-electron chi connectivity index (χ1n) is 6.02. The van der Waals surface area contributed by atoms with Gasteiger partial charge in [-0.15, -0.1) is 0 Å². The zero-order valence-electron chi connectivity index (χ0n) is 11.0. The van der Waals surface area contributed by atoms with E-state index >= 15 is 0 Å². The van der Waals surface area contributed by atoms with E-state index in [-0.39, 0.29) is 4.90 Å². The van der Waals surface area contributed by atoms with Gasteiger partial charge in [-0.25, -0.2) is 13.4 Å². The van der Waals surface area contributed by atoms with Crippen LogP contribution in [-0.2, 0) is 9.84 Å². The Hall–Kier alpha value is -1.86. The fraction of sp³-hybridized carbons (Fsp3) is 0.0714. The lowest BCUT2D eigenvalue weighted by molar-refractivity contribution is 0.577. The molecule has 5 nitrogen and oxygen atoms in total. The molecule has 1 aromatic carbocycles. The monoisotopic (exact) mass is 366 g/mol. The molecule has 0 N–H and O–H groups in total. The number of imidazole rings is 1. The summed E-state index contributed by atoms with van der Waals surface area (Å²) < 4.78 is 31.1. The van der Waals surface area contributed by atoms with Crippen molar-refractivity contribution >= 4 is 25.8 Å². The molecule has 0 aliphatic heterocycles. The quantitative estimate of drug-likeness (QED) is 0.713. The van der Waals surface area contributed by atoms with E-state index in [9.17, 15) is 8.42 Å². The summed E-state index contributed by atoms with van der Waals surface area (Å²) in [4.78, 5) is 4.41. The zero-order valence-corrected chi connectivity index (χ0v) is 13.4. The minimum absolute atomic E-state index is 0.286. The SMILES string of the molecule is CS(=O)(=O)c1ccc(-n2cncc2-c2cc(Br)co2)cc1. The van der Waals surface area contributed by atoms with Gasteiger partial charge in [0.25, 0.3) is 0 Å². The third-order valence-corrected chi connectivity index (χ3v) is 4.55. The molecule has 0 aliphatic rings. The smallest absolute Gasteiger partial charge is 0.175 e. The van der Waals surface area contributed by atoms with Gasteiger partial charge in [-0.2, -0.15) is 0 Å². The van der Waals surface area contributed by atoms with Crippen molar-refractivity contribution < 1.29 is 12.8 Å². The van der Waals surface area contributed by atoms with E-state index in [4.69, 9.17) is 4.42 Å². The van der Waals surface area contributed by atoms with Crippen LogP contribution in [0.25, 0.3) is 17.1 Å². The highest BCUT2D eigenvalue weighted by atomic mass is 79.9. The molecule has 21 heavy (non-hydrogen) atoms. The summed E-state index contributed by atoms with van der Waals surface area (Å²) in [6, 6.07) is 8.47. The molecule has 0 saturated carbocycles. The highest BCUT2D eigenvalue weighted by molar-refractivity contribution is 9.10. The first-order chi connectivity index (χ1) is 9.95. The predicted molar refractivity (Wildman–Crippen MR) is 82.1 cm³/mol. The van der Waals surface area contributed by atoms with Gasteiger partial charge in [0.15, 0.2) is 15.6 Å². The van der Waals surface area contributed by atoms with Crippen LogP contribution in [-0.4, -0.2) is 24.2 Å². The zero-order chi connectivity index (χ0) is 15.0. The van der Waals surface area contributed by atoms with E-state index in [0.29, 0.717) is 5.76 Å². The highest BCUT2D eigenvalue weighted by Crippen LogP contribution is 2.27. The van der Waals surface area contributed by atoms with E-state index in [1.165, 1.54) is 6.26 Å². The normalized spacial score (nSPS) is 11.7. The number of aromatic nitrogens is 2. The number of benzene rings is 1. The molecule has 0 fully saturated rings. The summed E-state index contributed by atoms with van der Waals surface area (Å²) in [6.07, 6.45) is 6.13. The highest BCUT2D eigenvalue weighted by Gasteiger charge is 2.12. The molecule has 0 saturated heterocycles. The van der Waals surface area contributed by atoms with Crippen LogP contribution >= 0.6 is 15.9 Å². The number of nitrogens with zero attached hydrogens (tertiary/aromatic N) is 2. The molecule has 0 spiro atoms. The van der Waals surface area contributed by atoms with Gasteiger partial charge in [-0.1, -0.05) is 0 Å². The first-order valence-corrected chi connectivity index (χ1v) is 8.71. The number of halogens is 1. The molecule has 2 heterocycles. The molecule has 108 valence electrons. The molecule has 7 heteroatoms. The van der Waals surface area contributed by atoms with Crippen LogP contribution in [0.4, 0.5) is 0 Å². The van der Waals surface area contributed by atoms with Gasteiger partial charge < -0.3 is 4.42 Å². The summed E-state index contributed by atoms with van der Waals surface area (Å²) in [7, 11) is -3.20. The molecule has 0 atom stereocenters. The Morgan fingerprint density at radius 3 is 2.52 bits per heavy atom. The molecule has 2 aromatic heterocycles. The van der Waals surface area contributed by atoms with Crippen LogP contribution in [0.3, 0.4) is 0 Å². The van der Waals surface area contributed by atoms with Crippen LogP contribution < -0.4 is 0 Å². The van der Waals surface area contributed by atoms with Crippen molar-refractivity contribution in [2.45, 2.75) is 4.90 Å². The average molecular weight is 367 g/mol. The summed E-state index contributed by atoms with van der Waals surface area (Å²) in [5.74, 6) is 0.673. The van der Waals surface area contributed by atoms with Gasteiger partial charge in [0.2, 0.25) is 0 Å². The topological polar surface area (TPSA) is 65.1 Å². The maximum Gasteiger partial charge on any atom is 0.175 e. The minimum atomic E-state index is -3.20. The third kappa shape index (κ3) is 2.79. The first kappa shape index (κ1) is 14.1. The maximum atomic E-state index is 11.5. The molecular formula is C14H11BrN2O3S. The second-order valence-electron chi connectivity index (χ2n) is 4.54. The molecule has 0 unspecified atom stereocenters. The maximum absolute atomic E-state index is 11.5. The van der Waals surface area contributed by atoms with E-state index in [1.54, 1.807) is 43.1 Å². The van der Waals surface area contributed by atoms with Crippen molar-refractivity contribution in [1.29, 1.82) is 0 Å². The summed E-state index contributed by atoms with van der Waals surface area (Å²) in [6.45, 7) is 0. The minimum Gasteiger partial charge on any atom is -0.462 e. The fourth-order valence-electron chi connectivity index (χ4n) is 1.98. The lowest BCUT2D eigenvalue weighted by Crippen LogP contribution is -1.99. The Morgan fingerprint density at radius 2 is 1.95 bits per heavy atom. The van der Waals surface area contributed by atoms with E-state index in [2.05, 4.69) is 20.9 Å². The molecule has 3 rings (SSSR count). The van der Waals surface area contributed by atoms with Crippen molar-refractivity contribution in [3.05, 3.63) is 53.6 Å².